The van der Waals surface area contributed by atoms with Gasteiger partial charge in [-0.2, -0.15) is 5.26 Å². The molecule has 0 bridgehead atoms. The highest BCUT2D eigenvalue weighted by Crippen LogP contribution is 2.30. The highest BCUT2D eigenvalue weighted by atomic mass is 16.4. The molecule has 1 saturated heterocycles. The van der Waals surface area contributed by atoms with E-state index in [1.54, 1.807) is 18.3 Å². The number of aryl methyl sites for hydroxylation is 1. The molecule has 10 heteroatoms. The maximum Gasteiger partial charge on any atom is 0.252 e. The summed E-state index contributed by atoms with van der Waals surface area (Å²) in [4.78, 5) is 23.3. The zero-order chi connectivity index (χ0) is 25.6. The van der Waals surface area contributed by atoms with Gasteiger partial charge in [-0.15, -0.1) is 10.2 Å². The number of hydrogen-bond donors (Lipinski definition) is 2. The molecule has 3 heterocycles. The number of hydrogen-bond acceptors (Lipinski definition) is 9. The van der Waals surface area contributed by atoms with E-state index in [2.05, 4.69) is 47.8 Å². The zero-order valence-electron chi connectivity index (χ0n) is 20.4. The van der Waals surface area contributed by atoms with Crippen molar-refractivity contribution in [2.24, 2.45) is 0 Å². The zero-order valence-corrected chi connectivity index (χ0v) is 20.4. The molecule has 4 aromatic rings. The Morgan fingerprint density at radius 1 is 1.08 bits per heavy atom. The number of nitrogens with zero attached hydrogens (tertiary/aromatic N) is 6. The van der Waals surface area contributed by atoms with Crippen molar-refractivity contribution in [1.29, 1.82) is 5.26 Å². The van der Waals surface area contributed by atoms with Crippen molar-refractivity contribution in [3.8, 4) is 17.3 Å². The minimum atomic E-state index is -0.284. The van der Waals surface area contributed by atoms with E-state index in [-0.39, 0.29) is 12.5 Å². The summed E-state index contributed by atoms with van der Waals surface area (Å²) in [6, 6.07) is 19.0. The normalized spacial score (nSPS) is 13.7. The predicted octanol–water partition coefficient (Wildman–Crippen LogP) is 4.22. The van der Waals surface area contributed by atoms with Crippen LogP contribution in [0.15, 0.2) is 65.2 Å². The predicted molar refractivity (Wildman–Crippen MR) is 138 cm³/mol. The number of benzene rings is 2. The third-order valence-electron chi connectivity index (χ3n) is 6.30. The molecule has 0 radical (unpaired) electrons. The van der Waals surface area contributed by atoms with E-state index in [0.717, 1.165) is 48.8 Å². The van der Waals surface area contributed by atoms with Gasteiger partial charge < -0.3 is 20.0 Å². The van der Waals surface area contributed by atoms with E-state index in [0.29, 0.717) is 23.3 Å². The van der Waals surface area contributed by atoms with Gasteiger partial charge in [-0.1, -0.05) is 12.1 Å². The van der Waals surface area contributed by atoms with Crippen LogP contribution in [0.5, 0.6) is 0 Å². The Morgan fingerprint density at radius 3 is 2.51 bits per heavy atom. The Balaban J connectivity index is 1.19. The number of carbonyl (C=O) groups excluding carboxylic acids is 1. The van der Waals surface area contributed by atoms with Crippen LogP contribution >= 0.6 is 0 Å². The van der Waals surface area contributed by atoms with E-state index in [1.807, 2.05) is 43.3 Å². The van der Waals surface area contributed by atoms with E-state index < -0.39 is 0 Å². The number of aromatic nitrogens is 4. The number of amides is 1. The average molecular weight is 495 g/mol. The van der Waals surface area contributed by atoms with Crippen LogP contribution in [0.4, 0.5) is 17.3 Å². The van der Waals surface area contributed by atoms with Crippen LogP contribution < -0.4 is 15.5 Å². The fourth-order valence-electron chi connectivity index (χ4n) is 4.34. The molecule has 2 aromatic heterocycles. The van der Waals surface area contributed by atoms with Crippen molar-refractivity contribution in [2.45, 2.75) is 25.7 Å². The molecule has 2 N–H and O–H groups in total. The van der Waals surface area contributed by atoms with Gasteiger partial charge in [0.15, 0.2) is 0 Å². The first-order chi connectivity index (χ1) is 18.1. The Bertz CT molecular complexity index is 1400. The molecule has 1 aliphatic heterocycles. The van der Waals surface area contributed by atoms with Crippen LogP contribution in [0.3, 0.4) is 0 Å². The third kappa shape index (κ3) is 5.73. The lowest BCUT2D eigenvalue weighted by molar-refractivity contribution is 0.0958. The van der Waals surface area contributed by atoms with Gasteiger partial charge in [-0.25, -0.2) is 9.97 Å². The van der Waals surface area contributed by atoms with Crippen molar-refractivity contribution < 1.29 is 9.21 Å². The molecule has 0 unspecified atom stereocenters. The number of piperidine rings is 1. The molecule has 0 spiro atoms. The molecular formula is C27H26N8O2. The van der Waals surface area contributed by atoms with Crippen molar-refractivity contribution in [1.82, 2.24) is 25.5 Å². The summed E-state index contributed by atoms with van der Waals surface area (Å²) in [5.41, 5.74) is 4.13. The fourth-order valence-corrected chi connectivity index (χ4v) is 4.34. The maximum atomic E-state index is 12.0. The van der Waals surface area contributed by atoms with Gasteiger partial charge in [0.2, 0.25) is 17.7 Å². The monoisotopic (exact) mass is 494 g/mol. The van der Waals surface area contributed by atoms with Gasteiger partial charge >= 0.3 is 0 Å². The van der Waals surface area contributed by atoms with Crippen LogP contribution in [-0.4, -0.2) is 45.7 Å². The van der Waals surface area contributed by atoms with Crippen molar-refractivity contribution in [3.63, 3.8) is 0 Å². The van der Waals surface area contributed by atoms with Crippen molar-refractivity contribution in [3.05, 3.63) is 78.1 Å². The molecule has 0 atom stereocenters. The molecule has 0 aliphatic carbocycles. The molecule has 5 rings (SSSR count). The van der Waals surface area contributed by atoms with E-state index in [9.17, 15) is 4.79 Å². The van der Waals surface area contributed by atoms with Gasteiger partial charge in [0.25, 0.3) is 5.91 Å². The van der Waals surface area contributed by atoms with Gasteiger partial charge in [0, 0.05) is 54.6 Å². The highest BCUT2D eigenvalue weighted by Gasteiger charge is 2.24. The fraction of sp³-hybridized carbons (Fsp3) is 0.259. The molecule has 1 fully saturated rings. The molecule has 186 valence electrons. The number of nitrogens with one attached hydrogen (secondary N) is 2. The van der Waals surface area contributed by atoms with Gasteiger partial charge in [0.1, 0.15) is 6.54 Å². The lowest BCUT2D eigenvalue weighted by Gasteiger charge is -2.32. The molecular weight excluding hydrogens is 468 g/mol. The molecule has 10 nitrogen and oxygen atoms in total. The molecule has 1 aliphatic rings. The molecule has 37 heavy (non-hydrogen) atoms. The summed E-state index contributed by atoms with van der Waals surface area (Å²) in [5, 5.41) is 22.5. The summed E-state index contributed by atoms with van der Waals surface area (Å²) in [5.74, 6) is 1.88. The SMILES string of the molecule is Cc1nnc(C2CCN(c3ccc(Nc4nccc(-c5ccc(C(=O)NCC#N)cc5)n4)cc3)CC2)o1. The summed E-state index contributed by atoms with van der Waals surface area (Å²) in [6.07, 6.45) is 3.66. The molecule has 0 saturated carbocycles. The largest absolute Gasteiger partial charge is 0.425 e. The Kier molecular flexibility index (Phi) is 7.03. The van der Waals surface area contributed by atoms with Crippen molar-refractivity contribution >= 4 is 23.2 Å². The third-order valence-corrected chi connectivity index (χ3v) is 6.30. The van der Waals surface area contributed by atoms with Crippen LogP contribution in [0.1, 0.15) is 40.9 Å². The first kappa shape index (κ1) is 23.9. The average Bonchev–Trinajstić information content (AvgIpc) is 3.39. The maximum absolute atomic E-state index is 12.0. The second-order valence-electron chi connectivity index (χ2n) is 8.78. The first-order valence-electron chi connectivity index (χ1n) is 12.1. The van der Waals surface area contributed by atoms with Crippen LogP contribution in [0.25, 0.3) is 11.3 Å². The Morgan fingerprint density at radius 2 is 1.84 bits per heavy atom. The van der Waals surface area contributed by atoms with Crippen LogP contribution in [0, 0.1) is 18.3 Å². The van der Waals surface area contributed by atoms with Crippen LogP contribution in [0.2, 0.25) is 0 Å². The van der Waals surface area contributed by atoms with Crippen molar-refractivity contribution in [2.75, 3.05) is 29.9 Å². The lowest BCUT2D eigenvalue weighted by Crippen LogP contribution is -2.32. The summed E-state index contributed by atoms with van der Waals surface area (Å²) in [7, 11) is 0. The highest BCUT2D eigenvalue weighted by molar-refractivity contribution is 5.94. The standard InChI is InChI=1S/C27H26N8O2/c1-18-33-34-26(37-18)21-11-16-35(17-12-21)23-8-6-22(7-9-23)31-27-30-14-10-24(32-27)19-2-4-20(5-3-19)25(36)29-15-13-28/h2-10,14,21H,11-12,15-17H2,1H3,(H,29,36)(H,30,31,32). The quantitative estimate of drug-likeness (QED) is 0.362. The topological polar surface area (TPSA) is 133 Å². The number of anilines is 3. The van der Waals surface area contributed by atoms with E-state index in [1.165, 1.54) is 5.69 Å². The van der Waals surface area contributed by atoms with Gasteiger partial charge in [-0.05, 0) is 55.3 Å². The smallest absolute Gasteiger partial charge is 0.252 e. The second kappa shape index (κ2) is 10.9. The summed E-state index contributed by atoms with van der Waals surface area (Å²) >= 11 is 0. The first-order valence-corrected chi connectivity index (χ1v) is 12.1. The molecule has 2 aromatic carbocycles. The van der Waals surface area contributed by atoms with Gasteiger partial charge in [0.05, 0.1) is 11.8 Å². The number of rotatable bonds is 7. The minimum absolute atomic E-state index is 0.0256. The number of carbonyl (C=O) groups is 1. The van der Waals surface area contributed by atoms with E-state index >= 15 is 0 Å². The second-order valence-corrected chi connectivity index (χ2v) is 8.78. The van der Waals surface area contributed by atoms with Gasteiger partial charge in [-0.3, -0.25) is 4.79 Å². The minimum Gasteiger partial charge on any atom is -0.425 e. The van der Waals surface area contributed by atoms with Crippen LogP contribution in [-0.2, 0) is 0 Å². The van der Waals surface area contributed by atoms with E-state index in [4.69, 9.17) is 9.68 Å². The molecule has 1 amide bonds. The summed E-state index contributed by atoms with van der Waals surface area (Å²) < 4.78 is 5.61. The lowest BCUT2D eigenvalue weighted by atomic mass is 9.96. The Labute approximate surface area is 214 Å². The Hall–Kier alpha value is -4.78. The number of nitriles is 1. The summed E-state index contributed by atoms with van der Waals surface area (Å²) in [6.45, 7) is 3.66.